The number of hydrogen-bond acceptors (Lipinski definition) is 3. The highest BCUT2D eigenvalue weighted by molar-refractivity contribution is 7.18. The maximum Gasteiger partial charge on any atom is 0.112 e. The molecule has 0 amide bonds. The van der Waals surface area contributed by atoms with Crippen molar-refractivity contribution in [1.82, 2.24) is 15.2 Å². The molecule has 1 fully saturated rings. The maximum absolute atomic E-state index is 4.70. The second kappa shape index (κ2) is 4.13. The molecule has 83 valence electrons. The van der Waals surface area contributed by atoms with Crippen molar-refractivity contribution in [3.05, 3.63) is 29.3 Å². The van der Waals surface area contributed by atoms with Gasteiger partial charge in [-0.3, -0.25) is 4.90 Å². The van der Waals surface area contributed by atoms with Gasteiger partial charge in [-0.05, 0) is 19.2 Å². The molecule has 2 aromatic rings. The van der Waals surface area contributed by atoms with E-state index in [0.29, 0.717) is 6.04 Å². The summed E-state index contributed by atoms with van der Waals surface area (Å²) in [5, 5.41) is 5.68. The van der Waals surface area contributed by atoms with E-state index in [-0.39, 0.29) is 0 Å². The third-order valence-electron chi connectivity index (χ3n) is 3.04. The molecule has 1 radical (unpaired) electrons. The normalized spacial score (nSPS) is 22.7. The van der Waals surface area contributed by atoms with Crippen LogP contribution in [0.3, 0.4) is 0 Å². The summed E-state index contributed by atoms with van der Waals surface area (Å²) in [6, 6.07) is 8.71. The lowest BCUT2D eigenvalue weighted by molar-refractivity contribution is 0.199. The van der Waals surface area contributed by atoms with Gasteiger partial charge in [0.05, 0.1) is 16.3 Å². The number of rotatable bonds is 1. The molecule has 0 N–H and O–H groups in total. The quantitative estimate of drug-likeness (QED) is 0.751. The monoisotopic (exact) mass is 232 g/mol. The van der Waals surface area contributed by atoms with Gasteiger partial charge in [-0.2, -0.15) is 0 Å². The van der Waals surface area contributed by atoms with Crippen LogP contribution in [0.5, 0.6) is 0 Å². The molecule has 1 saturated heterocycles. The van der Waals surface area contributed by atoms with Crippen molar-refractivity contribution < 1.29 is 0 Å². The highest BCUT2D eigenvalue weighted by Gasteiger charge is 2.23. The minimum absolute atomic E-state index is 0.381. The number of para-hydroxylation sites is 1. The SMILES string of the molecule is CN1CC[N]CC1c1nc2ccccc2s1. The Bertz CT molecular complexity index is 461. The zero-order valence-corrected chi connectivity index (χ0v) is 10.1. The predicted molar refractivity (Wildman–Crippen MR) is 66.9 cm³/mol. The van der Waals surface area contributed by atoms with Crippen LogP contribution in [0.15, 0.2) is 24.3 Å². The van der Waals surface area contributed by atoms with E-state index in [0.717, 1.165) is 25.2 Å². The second-order valence-corrected chi connectivity index (χ2v) is 5.21. The molecule has 16 heavy (non-hydrogen) atoms. The maximum atomic E-state index is 4.70. The molecule has 3 nitrogen and oxygen atoms in total. The fourth-order valence-corrected chi connectivity index (χ4v) is 3.16. The van der Waals surface area contributed by atoms with Crippen molar-refractivity contribution in [2.24, 2.45) is 0 Å². The Morgan fingerprint density at radius 2 is 2.25 bits per heavy atom. The van der Waals surface area contributed by atoms with E-state index in [1.807, 2.05) is 6.07 Å². The molecule has 1 unspecified atom stereocenters. The highest BCUT2D eigenvalue weighted by Crippen LogP contribution is 2.29. The number of thiazole rings is 1. The summed E-state index contributed by atoms with van der Waals surface area (Å²) >= 11 is 1.79. The van der Waals surface area contributed by atoms with Crippen LogP contribution in [0.2, 0.25) is 0 Å². The topological polar surface area (TPSA) is 30.2 Å². The van der Waals surface area contributed by atoms with Crippen molar-refractivity contribution in [3.8, 4) is 0 Å². The number of aromatic nitrogens is 1. The van der Waals surface area contributed by atoms with Crippen molar-refractivity contribution in [3.63, 3.8) is 0 Å². The van der Waals surface area contributed by atoms with Crippen molar-refractivity contribution >= 4 is 21.6 Å². The van der Waals surface area contributed by atoms with Gasteiger partial charge in [0.15, 0.2) is 0 Å². The van der Waals surface area contributed by atoms with Gasteiger partial charge in [0.1, 0.15) is 5.01 Å². The summed E-state index contributed by atoms with van der Waals surface area (Å²) in [4.78, 5) is 7.06. The summed E-state index contributed by atoms with van der Waals surface area (Å²) in [5.74, 6) is 0. The lowest BCUT2D eigenvalue weighted by atomic mass is 10.2. The smallest absolute Gasteiger partial charge is 0.112 e. The number of fused-ring (bicyclic) bond motifs is 1. The van der Waals surface area contributed by atoms with Crippen LogP contribution in [0.4, 0.5) is 0 Å². The van der Waals surface area contributed by atoms with Gasteiger partial charge in [-0.1, -0.05) is 12.1 Å². The summed E-state index contributed by atoms with van der Waals surface area (Å²) in [6.45, 7) is 2.88. The first-order chi connectivity index (χ1) is 7.84. The first-order valence-electron chi connectivity index (χ1n) is 5.53. The van der Waals surface area contributed by atoms with Gasteiger partial charge in [0, 0.05) is 19.6 Å². The summed E-state index contributed by atoms with van der Waals surface area (Å²) in [6.07, 6.45) is 0. The lowest BCUT2D eigenvalue weighted by Gasteiger charge is -2.30. The Balaban J connectivity index is 1.98. The van der Waals surface area contributed by atoms with Gasteiger partial charge in [0.2, 0.25) is 0 Å². The molecule has 0 bridgehead atoms. The molecule has 0 aliphatic carbocycles. The van der Waals surface area contributed by atoms with Crippen LogP contribution < -0.4 is 5.32 Å². The van der Waals surface area contributed by atoms with Crippen molar-refractivity contribution in [2.75, 3.05) is 26.7 Å². The minimum Gasteiger partial charge on any atom is -0.295 e. The third-order valence-corrected chi connectivity index (χ3v) is 4.18. The molecule has 1 aromatic heterocycles. The average Bonchev–Trinajstić information content (AvgIpc) is 2.73. The standard InChI is InChI=1S/C12H14N3S/c1-15-7-6-13-8-10(15)12-14-9-4-2-3-5-11(9)16-12/h2-5,10H,6-8H2,1H3. The molecule has 0 spiro atoms. The van der Waals surface area contributed by atoms with Gasteiger partial charge < -0.3 is 0 Å². The molecule has 1 aliphatic heterocycles. The molecular weight excluding hydrogens is 218 g/mol. The van der Waals surface area contributed by atoms with E-state index in [1.54, 1.807) is 11.3 Å². The fraction of sp³-hybridized carbons (Fsp3) is 0.417. The van der Waals surface area contributed by atoms with Crippen LogP contribution in [0.1, 0.15) is 11.0 Å². The zero-order valence-electron chi connectivity index (χ0n) is 9.26. The first kappa shape index (κ1) is 10.2. The lowest BCUT2D eigenvalue weighted by Crippen LogP contribution is -2.40. The molecule has 3 rings (SSSR count). The number of hydrogen-bond donors (Lipinski definition) is 0. The Hall–Kier alpha value is -0.970. The summed E-state index contributed by atoms with van der Waals surface area (Å²) < 4.78 is 1.27. The van der Waals surface area contributed by atoms with Gasteiger partial charge >= 0.3 is 0 Å². The van der Waals surface area contributed by atoms with E-state index in [4.69, 9.17) is 4.98 Å². The minimum atomic E-state index is 0.381. The Kier molecular flexibility index (Phi) is 2.63. The summed E-state index contributed by atoms with van der Waals surface area (Å²) in [7, 11) is 2.16. The van der Waals surface area contributed by atoms with Crippen molar-refractivity contribution in [2.45, 2.75) is 6.04 Å². The Morgan fingerprint density at radius 3 is 3.06 bits per heavy atom. The van der Waals surface area contributed by atoms with E-state index in [2.05, 4.69) is 35.5 Å². The van der Waals surface area contributed by atoms with Gasteiger partial charge in [-0.25, -0.2) is 10.3 Å². The van der Waals surface area contributed by atoms with Gasteiger partial charge in [-0.15, -0.1) is 11.3 Å². The first-order valence-corrected chi connectivity index (χ1v) is 6.35. The number of benzene rings is 1. The van der Waals surface area contributed by atoms with E-state index < -0.39 is 0 Å². The molecular formula is C12H14N3S. The molecule has 1 atom stereocenters. The molecule has 1 aliphatic rings. The fourth-order valence-electron chi connectivity index (χ4n) is 2.04. The zero-order chi connectivity index (χ0) is 11.0. The van der Waals surface area contributed by atoms with Crippen LogP contribution in [0, 0.1) is 0 Å². The van der Waals surface area contributed by atoms with Crippen LogP contribution in [0.25, 0.3) is 10.2 Å². The molecule has 0 saturated carbocycles. The third kappa shape index (κ3) is 1.73. The molecule has 2 heterocycles. The van der Waals surface area contributed by atoms with Gasteiger partial charge in [0.25, 0.3) is 0 Å². The van der Waals surface area contributed by atoms with E-state index >= 15 is 0 Å². The average molecular weight is 232 g/mol. The Morgan fingerprint density at radius 1 is 1.38 bits per heavy atom. The number of likely N-dealkylation sites (N-methyl/N-ethyl adjacent to an activating group) is 1. The molecule has 1 aromatic carbocycles. The Labute approximate surface area is 99.1 Å². The number of nitrogens with zero attached hydrogens (tertiary/aromatic N) is 3. The number of piperazine rings is 1. The second-order valence-electron chi connectivity index (χ2n) is 4.15. The largest absolute Gasteiger partial charge is 0.295 e. The summed E-state index contributed by atoms with van der Waals surface area (Å²) in [5.41, 5.74) is 1.11. The highest BCUT2D eigenvalue weighted by atomic mass is 32.1. The van der Waals surface area contributed by atoms with E-state index in [9.17, 15) is 0 Å². The van der Waals surface area contributed by atoms with Crippen molar-refractivity contribution in [1.29, 1.82) is 0 Å². The van der Waals surface area contributed by atoms with E-state index in [1.165, 1.54) is 9.71 Å². The van der Waals surface area contributed by atoms with Crippen LogP contribution >= 0.6 is 11.3 Å². The van der Waals surface area contributed by atoms with Crippen LogP contribution in [-0.2, 0) is 0 Å². The molecule has 4 heteroatoms. The predicted octanol–water partition coefficient (Wildman–Crippen LogP) is 1.89. The van der Waals surface area contributed by atoms with Crippen LogP contribution in [-0.4, -0.2) is 36.6 Å².